The fraction of sp³-hybridized carbons (Fsp3) is 0.125. The number of aromatic nitrogens is 1. The first-order chi connectivity index (χ1) is 11.0. The highest BCUT2D eigenvalue weighted by atomic mass is 16.6. The molecule has 0 N–H and O–H groups in total. The first-order valence-corrected chi connectivity index (χ1v) is 6.84. The number of nitro benzene ring substituents is 1. The highest BCUT2D eigenvalue weighted by molar-refractivity contribution is 6.15. The second-order valence-corrected chi connectivity index (χ2v) is 4.51. The molecule has 0 aliphatic carbocycles. The van der Waals surface area contributed by atoms with Gasteiger partial charge in [0.2, 0.25) is 0 Å². The molecule has 1 heterocycles. The van der Waals surface area contributed by atoms with Gasteiger partial charge in [0, 0.05) is 24.4 Å². The Balaban J connectivity index is 2.49. The molecule has 1 aromatic carbocycles. The van der Waals surface area contributed by atoms with Crippen LogP contribution in [-0.2, 0) is 9.53 Å². The molecule has 0 saturated carbocycles. The van der Waals surface area contributed by atoms with Gasteiger partial charge in [0.15, 0.2) is 0 Å². The van der Waals surface area contributed by atoms with Crippen LogP contribution in [0.2, 0.25) is 0 Å². The minimum atomic E-state index is -0.654. The molecule has 118 valence electrons. The predicted molar refractivity (Wildman–Crippen MR) is 84.6 cm³/mol. The van der Waals surface area contributed by atoms with E-state index in [2.05, 4.69) is 0 Å². The number of carbonyl (C=O) groups excluding carboxylic acids is 1. The number of pyridine rings is 1. The molecule has 0 bridgehead atoms. The van der Waals surface area contributed by atoms with Crippen LogP contribution in [0.4, 0.5) is 5.69 Å². The van der Waals surface area contributed by atoms with E-state index in [-0.39, 0.29) is 23.6 Å². The summed E-state index contributed by atoms with van der Waals surface area (Å²) >= 11 is 0. The van der Waals surface area contributed by atoms with Gasteiger partial charge in [0.25, 0.3) is 11.2 Å². The molecule has 2 rings (SSSR count). The van der Waals surface area contributed by atoms with E-state index in [1.807, 2.05) is 0 Å². The van der Waals surface area contributed by atoms with Gasteiger partial charge in [0.05, 0.1) is 11.5 Å². The molecule has 7 nitrogen and oxygen atoms in total. The molecule has 7 heteroatoms. The number of nitrogens with zero attached hydrogens (tertiary/aromatic N) is 2. The van der Waals surface area contributed by atoms with Gasteiger partial charge in [-0.3, -0.25) is 19.5 Å². The van der Waals surface area contributed by atoms with Gasteiger partial charge < -0.3 is 4.74 Å². The van der Waals surface area contributed by atoms with Gasteiger partial charge in [-0.25, -0.2) is 4.79 Å². The first-order valence-electron chi connectivity index (χ1n) is 6.84. The fourth-order valence-corrected chi connectivity index (χ4v) is 1.91. The zero-order valence-corrected chi connectivity index (χ0v) is 12.3. The fourth-order valence-electron chi connectivity index (χ4n) is 1.91. The number of benzene rings is 1. The lowest BCUT2D eigenvalue weighted by atomic mass is 10.1. The average Bonchev–Trinajstić information content (AvgIpc) is 2.54. The summed E-state index contributed by atoms with van der Waals surface area (Å²) in [5.41, 5.74) is 0.131. The van der Waals surface area contributed by atoms with E-state index in [1.54, 1.807) is 19.1 Å². The Hall–Kier alpha value is -3.22. The first kappa shape index (κ1) is 16.2. The number of hydrogen-bond donors (Lipinski definition) is 0. The van der Waals surface area contributed by atoms with Crippen LogP contribution in [0.3, 0.4) is 0 Å². The Morgan fingerprint density at radius 1 is 1.26 bits per heavy atom. The predicted octanol–water partition coefficient (Wildman–Crippen LogP) is 2.32. The molecular formula is C16H14N2O5. The van der Waals surface area contributed by atoms with Gasteiger partial charge >= 0.3 is 5.97 Å². The van der Waals surface area contributed by atoms with Crippen molar-refractivity contribution in [1.29, 1.82) is 0 Å². The molecule has 0 amide bonds. The average molecular weight is 314 g/mol. The van der Waals surface area contributed by atoms with Crippen molar-refractivity contribution >= 4 is 23.4 Å². The standard InChI is InChI=1S/C16H14N2O5/c1-2-23-16(20)14(17-10-4-3-5-15(17)19)11-12-6-8-13(9-7-12)18(21)22/h3-11H,2H2,1H3/b14-11-. The summed E-state index contributed by atoms with van der Waals surface area (Å²) in [7, 11) is 0. The molecule has 0 unspecified atom stereocenters. The third-order valence-electron chi connectivity index (χ3n) is 2.97. The lowest BCUT2D eigenvalue weighted by Crippen LogP contribution is -2.22. The monoisotopic (exact) mass is 314 g/mol. The van der Waals surface area contributed by atoms with Crippen molar-refractivity contribution < 1.29 is 14.5 Å². The smallest absolute Gasteiger partial charge is 0.355 e. The zero-order valence-electron chi connectivity index (χ0n) is 12.3. The van der Waals surface area contributed by atoms with Crippen LogP contribution >= 0.6 is 0 Å². The zero-order chi connectivity index (χ0) is 16.8. The Bertz CT molecular complexity index is 806. The summed E-state index contributed by atoms with van der Waals surface area (Å²) in [5, 5.41) is 10.7. The SMILES string of the molecule is CCOC(=O)/C(=C/c1ccc([N+](=O)[O-])cc1)n1ccccc1=O. The third-order valence-corrected chi connectivity index (χ3v) is 2.97. The van der Waals surface area contributed by atoms with Gasteiger partial charge in [-0.05, 0) is 36.8 Å². The Labute approximate surface area is 131 Å². The van der Waals surface area contributed by atoms with E-state index < -0.39 is 10.9 Å². The number of rotatable bonds is 5. The van der Waals surface area contributed by atoms with E-state index >= 15 is 0 Å². The van der Waals surface area contributed by atoms with E-state index in [1.165, 1.54) is 47.2 Å². The molecule has 23 heavy (non-hydrogen) atoms. The lowest BCUT2D eigenvalue weighted by Gasteiger charge is -2.09. The van der Waals surface area contributed by atoms with Crippen molar-refractivity contribution in [2.45, 2.75) is 6.92 Å². The van der Waals surface area contributed by atoms with E-state index in [0.29, 0.717) is 5.56 Å². The topological polar surface area (TPSA) is 91.4 Å². The third kappa shape index (κ3) is 3.91. The molecule has 0 fully saturated rings. The second-order valence-electron chi connectivity index (χ2n) is 4.51. The van der Waals surface area contributed by atoms with Crippen LogP contribution in [-0.4, -0.2) is 22.1 Å². The quantitative estimate of drug-likeness (QED) is 0.365. The summed E-state index contributed by atoms with van der Waals surface area (Å²) in [6, 6.07) is 10.1. The maximum absolute atomic E-state index is 12.1. The van der Waals surface area contributed by atoms with Crippen molar-refractivity contribution in [2.24, 2.45) is 0 Å². The summed E-state index contributed by atoms with van der Waals surface area (Å²) in [4.78, 5) is 34.2. The van der Waals surface area contributed by atoms with Crippen LogP contribution in [0.1, 0.15) is 12.5 Å². The molecule has 0 aliphatic heterocycles. The second kappa shape index (κ2) is 7.17. The molecule has 0 aliphatic rings. The van der Waals surface area contributed by atoms with Gasteiger partial charge in [0.1, 0.15) is 5.70 Å². The molecule has 1 aromatic heterocycles. The van der Waals surface area contributed by atoms with Crippen LogP contribution in [0.15, 0.2) is 53.5 Å². The maximum atomic E-state index is 12.1. The van der Waals surface area contributed by atoms with Crippen molar-refractivity contribution in [1.82, 2.24) is 4.57 Å². The Morgan fingerprint density at radius 2 is 1.96 bits per heavy atom. The van der Waals surface area contributed by atoms with Gasteiger partial charge in [-0.1, -0.05) is 6.07 Å². The highest BCUT2D eigenvalue weighted by Crippen LogP contribution is 2.16. The molecule has 2 aromatic rings. The van der Waals surface area contributed by atoms with E-state index in [4.69, 9.17) is 4.74 Å². The molecule has 0 saturated heterocycles. The summed E-state index contributed by atoms with van der Waals surface area (Å²) < 4.78 is 6.14. The van der Waals surface area contributed by atoms with Crippen LogP contribution < -0.4 is 5.56 Å². The van der Waals surface area contributed by atoms with Crippen molar-refractivity contribution in [3.63, 3.8) is 0 Å². The molecule has 0 spiro atoms. The molecule has 0 radical (unpaired) electrons. The van der Waals surface area contributed by atoms with Crippen LogP contribution in [0.25, 0.3) is 11.8 Å². The van der Waals surface area contributed by atoms with E-state index in [0.717, 1.165) is 0 Å². The normalized spacial score (nSPS) is 11.1. The number of ether oxygens (including phenoxy) is 1. The summed E-state index contributed by atoms with van der Waals surface area (Å²) in [6.07, 6.45) is 2.90. The summed E-state index contributed by atoms with van der Waals surface area (Å²) in [5.74, 6) is -0.654. The van der Waals surface area contributed by atoms with E-state index in [9.17, 15) is 19.7 Å². The minimum absolute atomic E-state index is 0.0336. The largest absolute Gasteiger partial charge is 0.461 e. The number of carbonyl (C=O) groups is 1. The molecular weight excluding hydrogens is 300 g/mol. The van der Waals surface area contributed by atoms with Gasteiger partial charge in [-0.15, -0.1) is 0 Å². The minimum Gasteiger partial charge on any atom is -0.461 e. The van der Waals surface area contributed by atoms with Crippen molar-refractivity contribution in [3.05, 3.63) is 74.7 Å². The summed E-state index contributed by atoms with van der Waals surface area (Å²) in [6.45, 7) is 1.83. The number of non-ortho nitro benzene ring substituents is 1. The number of esters is 1. The number of nitro groups is 1. The van der Waals surface area contributed by atoms with Crippen LogP contribution in [0, 0.1) is 10.1 Å². The maximum Gasteiger partial charge on any atom is 0.355 e. The highest BCUT2D eigenvalue weighted by Gasteiger charge is 2.14. The van der Waals surface area contributed by atoms with Crippen molar-refractivity contribution in [2.75, 3.05) is 6.61 Å². The van der Waals surface area contributed by atoms with Gasteiger partial charge in [-0.2, -0.15) is 0 Å². The van der Waals surface area contributed by atoms with Crippen LogP contribution in [0.5, 0.6) is 0 Å². The number of hydrogen-bond acceptors (Lipinski definition) is 5. The Morgan fingerprint density at radius 3 is 2.52 bits per heavy atom. The molecule has 0 atom stereocenters. The van der Waals surface area contributed by atoms with Crippen molar-refractivity contribution in [3.8, 4) is 0 Å². The Kier molecular flexibility index (Phi) is 5.03. The lowest BCUT2D eigenvalue weighted by molar-refractivity contribution is -0.384.